The number of ether oxygens (including phenoxy) is 1. The average Bonchev–Trinajstić information content (AvgIpc) is 2.97. The molecule has 3 aromatic rings. The number of aromatic nitrogens is 2. The second kappa shape index (κ2) is 8.42. The zero-order chi connectivity index (χ0) is 22.9. The van der Waals surface area contributed by atoms with Gasteiger partial charge in [0.25, 0.3) is 5.56 Å². The monoisotopic (exact) mass is 431 g/mol. The Hall–Kier alpha value is -3.74. The minimum absolute atomic E-state index is 0.0158. The summed E-state index contributed by atoms with van der Waals surface area (Å²) in [6.45, 7) is 3.81. The molecule has 1 aliphatic heterocycles. The van der Waals surface area contributed by atoms with Crippen molar-refractivity contribution in [3.8, 4) is 0 Å². The molecule has 1 N–H and O–H groups in total. The highest BCUT2D eigenvalue weighted by atomic mass is 16.5. The number of H-pyrrole nitrogens is 1. The van der Waals surface area contributed by atoms with Crippen LogP contribution in [0.2, 0.25) is 0 Å². The molecule has 0 fully saturated rings. The first-order chi connectivity index (χ1) is 15.3. The quantitative estimate of drug-likeness (QED) is 0.476. The van der Waals surface area contributed by atoms with E-state index in [9.17, 15) is 14.4 Å². The van der Waals surface area contributed by atoms with E-state index in [2.05, 4.69) is 29.9 Å². The van der Waals surface area contributed by atoms with Gasteiger partial charge in [0.15, 0.2) is 12.4 Å². The minimum atomic E-state index is -0.519. The van der Waals surface area contributed by atoms with Crippen molar-refractivity contribution >= 4 is 28.3 Å². The van der Waals surface area contributed by atoms with Crippen LogP contribution in [0.5, 0.6) is 0 Å². The third-order valence-corrected chi connectivity index (χ3v) is 5.84. The van der Waals surface area contributed by atoms with E-state index >= 15 is 0 Å². The highest BCUT2D eigenvalue weighted by Gasteiger charge is 2.38. The number of hydrogen-bond acceptors (Lipinski definition) is 6. The molecule has 32 heavy (non-hydrogen) atoms. The summed E-state index contributed by atoms with van der Waals surface area (Å²) in [5.74, 6) is -0.389. The highest BCUT2D eigenvalue weighted by molar-refractivity contribution is 5.94. The molecule has 0 bridgehead atoms. The van der Waals surface area contributed by atoms with Crippen molar-refractivity contribution in [1.82, 2.24) is 9.97 Å². The average molecular weight is 431 g/mol. The molecule has 0 aliphatic carbocycles. The van der Waals surface area contributed by atoms with Gasteiger partial charge < -0.3 is 14.6 Å². The molecule has 4 rings (SSSR count). The number of carbonyl (C=O) groups is 2. The molecule has 0 atom stereocenters. The Morgan fingerprint density at radius 3 is 2.62 bits per heavy atom. The minimum Gasteiger partial charge on any atom is -0.457 e. The molecular weight excluding hydrogens is 406 g/mol. The van der Waals surface area contributed by atoms with Crippen molar-refractivity contribution in [2.24, 2.45) is 0 Å². The summed E-state index contributed by atoms with van der Waals surface area (Å²) in [5, 5.41) is 0.499. The number of ketones is 1. The van der Waals surface area contributed by atoms with E-state index in [4.69, 9.17) is 4.74 Å². The van der Waals surface area contributed by atoms with E-state index in [1.54, 1.807) is 30.3 Å². The van der Waals surface area contributed by atoms with E-state index in [1.165, 1.54) is 0 Å². The number of esters is 1. The maximum atomic E-state index is 12.5. The zero-order valence-electron chi connectivity index (χ0n) is 18.3. The SMILES string of the molecule is CN1/C(=C\C(=O)COC(=O)CCc2nc3ccccc3c(=O)[nH]2)C(C)(C)c2ccccc21. The molecule has 164 valence electrons. The third kappa shape index (κ3) is 4.06. The van der Waals surface area contributed by atoms with Gasteiger partial charge in [-0.1, -0.05) is 44.2 Å². The van der Waals surface area contributed by atoms with E-state index in [1.807, 2.05) is 30.1 Å². The number of carbonyl (C=O) groups excluding carboxylic acids is 2. The second-order valence-corrected chi connectivity index (χ2v) is 8.39. The van der Waals surface area contributed by atoms with E-state index in [-0.39, 0.29) is 36.2 Å². The number of aryl methyl sites for hydroxylation is 1. The predicted octanol–water partition coefficient (Wildman–Crippen LogP) is 3.28. The van der Waals surface area contributed by atoms with Gasteiger partial charge in [0.2, 0.25) is 0 Å². The molecule has 0 spiro atoms. The number of anilines is 1. The maximum Gasteiger partial charge on any atom is 0.306 e. The Balaban J connectivity index is 1.36. The summed E-state index contributed by atoms with van der Waals surface area (Å²) in [6.07, 6.45) is 1.79. The lowest BCUT2D eigenvalue weighted by atomic mass is 9.83. The number of nitrogens with one attached hydrogen (secondary N) is 1. The Labute approximate surface area is 185 Å². The number of rotatable bonds is 6. The van der Waals surface area contributed by atoms with Crippen LogP contribution < -0.4 is 10.5 Å². The number of aromatic amines is 1. The van der Waals surface area contributed by atoms with Crippen molar-refractivity contribution in [3.63, 3.8) is 0 Å². The first-order valence-electron chi connectivity index (χ1n) is 10.5. The number of para-hydroxylation sites is 2. The molecule has 0 unspecified atom stereocenters. The number of benzene rings is 2. The maximum absolute atomic E-state index is 12.5. The molecule has 0 saturated heterocycles. The van der Waals surface area contributed by atoms with E-state index in [0.717, 1.165) is 16.9 Å². The first-order valence-corrected chi connectivity index (χ1v) is 10.5. The second-order valence-electron chi connectivity index (χ2n) is 8.39. The van der Waals surface area contributed by atoms with Crippen LogP contribution in [0.4, 0.5) is 5.69 Å². The van der Waals surface area contributed by atoms with Crippen molar-refractivity contribution in [2.75, 3.05) is 18.6 Å². The predicted molar refractivity (Wildman–Crippen MR) is 123 cm³/mol. The lowest BCUT2D eigenvalue weighted by Crippen LogP contribution is -2.25. The lowest BCUT2D eigenvalue weighted by Gasteiger charge is -2.23. The smallest absolute Gasteiger partial charge is 0.306 e. The Bertz CT molecular complexity index is 1290. The summed E-state index contributed by atoms with van der Waals surface area (Å²) in [4.78, 5) is 45.8. The van der Waals surface area contributed by atoms with Gasteiger partial charge in [0.05, 0.1) is 17.3 Å². The summed E-state index contributed by atoms with van der Waals surface area (Å²) in [7, 11) is 1.93. The van der Waals surface area contributed by atoms with Gasteiger partial charge in [0.1, 0.15) is 5.82 Å². The molecule has 0 radical (unpaired) electrons. The van der Waals surface area contributed by atoms with Crippen molar-refractivity contribution < 1.29 is 14.3 Å². The molecule has 1 aliphatic rings. The molecular formula is C25H25N3O4. The number of nitrogens with zero attached hydrogens (tertiary/aromatic N) is 2. The summed E-state index contributed by atoms with van der Waals surface area (Å²) in [5.41, 5.74) is 3.08. The molecule has 1 aromatic heterocycles. The fraction of sp³-hybridized carbons (Fsp3) is 0.280. The molecule has 0 amide bonds. The fourth-order valence-electron chi connectivity index (χ4n) is 4.15. The van der Waals surface area contributed by atoms with Crippen LogP contribution in [-0.2, 0) is 26.2 Å². The van der Waals surface area contributed by atoms with Crippen LogP contribution in [-0.4, -0.2) is 35.4 Å². The van der Waals surface area contributed by atoms with Crippen molar-refractivity contribution in [2.45, 2.75) is 32.1 Å². The van der Waals surface area contributed by atoms with Crippen LogP contribution in [0, 0.1) is 0 Å². The highest BCUT2D eigenvalue weighted by Crippen LogP contribution is 2.46. The Kier molecular flexibility index (Phi) is 5.65. The Morgan fingerprint density at radius 1 is 1.12 bits per heavy atom. The van der Waals surface area contributed by atoms with Gasteiger partial charge in [-0.15, -0.1) is 0 Å². The standard InChI is InChI=1S/C25H25N3O4/c1-25(2)18-9-5-7-11-20(18)28(3)21(25)14-16(29)15-32-23(30)13-12-22-26-19-10-6-4-8-17(19)24(31)27-22/h4-11,14H,12-13,15H2,1-3H3,(H,26,27,31)/b21-14-. The van der Waals surface area contributed by atoms with Gasteiger partial charge in [0, 0.05) is 36.3 Å². The zero-order valence-corrected chi connectivity index (χ0v) is 18.3. The number of allylic oxidation sites excluding steroid dienone is 1. The van der Waals surface area contributed by atoms with Crippen LogP contribution in [0.25, 0.3) is 10.9 Å². The summed E-state index contributed by atoms with van der Waals surface area (Å²) in [6, 6.07) is 15.0. The van der Waals surface area contributed by atoms with Crippen LogP contribution in [0.1, 0.15) is 31.7 Å². The number of hydrogen-bond donors (Lipinski definition) is 1. The van der Waals surface area contributed by atoms with E-state index < -0.39 is 5.97 Å². The van der Waals surface area contributed by atoms with Gasteiger partial charge in [-0.05, 0) is 23.8 Å². The largest absolute Gasteiger partial charge is 0.457 e. The van der Waals surface area contributed by atoms with Crippen LogP contribution >= 0.6 is 0 Å². The Morgan fingerprint density at radius 2 is 1.84 bits per heavy atom. The van der Waals surface area contributed by atoms with Gasteiger partial charge >= 0.3 is 5.97 Å². The van der Waals surface area contributed by atoms with Crippen LogP contribution in [0.3, 0.4) is 0 Å². The third-order valence-electron chi connectivity index (χ3n) is 5.84. The summed E-state index contributed by atoms with van der Waals surface area (Å²) >= 11 is 0. The van der Waals surface area contributed by atoms with Crippen LogP contribution in [0.15, 0.2) is 65.1 Å². The molecule has 2 heterocycles. The van der Waals surface area contributed by atoms with Gasteiger partial charge in [-0.3, -0.25) is 14.4 Å². The first kappa shape index (κ1) is 21.5. The molecule has 7 nitrogen and oxygen atoms in total. The van der Waals surface area contributed by atoms with Gasteiger partial charge in [-0.2, -0.15) is 0 Å². The van der Waals surface area contributed by atoms with Crippen molar-refractivity contribution in [1.29, 1.82) is 0 Å². The van der Waals surface area contributed by atoms with Gasteiger partial charge in [-0.25, -0.2) is 4.98 Å². The summed E-state index contributed by atoms with van der Waals surface area (Å²) < 4.78 is 5.16. The molecule has 2 aromatic carbocycles. The molecule has 7 heteroatoms. The van der Waals surface area contributed by atoms with Crippen molar-refractivity contribution in [3.05, 3.63) is 82.0 Å². The van der Waals surface area contributed by atoms with E-state index in [0.29, 0.717) is 16.7 Å². The normalized spacial score (nSPS) is 15.7. The molecule has 0 saturated carbocycles. The fourth-order valence-corrected chi connectivity index (χ4v) is 4.15. The lowest BCUT2D eigenvalue weighted by molar-refractivity contribution is -0.146. The number of fused-ring (bicyclic) bond motifs is 2. The topological polar surface area (TPSA) is 92.4 Å². The number of likely N-dealkylation sites (N-methyl/N-ethyl adjacent to an activating group) is 1.